The molecule has 2 aromatic carbocycles. The van der Waals surface area contributed by atoms with E-state index in [0.29, 0.717) is 43.0 Å². The van der Waals surface area contributed by atoms with E-state index in [9.17, 15) is 4.79 Å². The van der Waals surface area contributed by atoms with Crippen molar-refractivity contribution in [3.8, 4) is 11.5 Å². The van der Waals surface area contributed by atoms with Crippen LogP contribution in [0.5, 0.6) is 0 Å². The number of hydrogen-bond donors (Lipinski definition) is 2. The number of halogens is 5. The number of hydrazine groups is 1. The molecule has 1 aromatic heterocycles. The van der Waals surface area contributed by atoms with Crippen molar-refractivity contribution in [2.24, 2.45) is 5.84 Å². The van der Waals surface area contributed by atoms with E-state index in [1.165, 1.54) is 18.2 Å². The predicted octanol–water partition coefficient (Wildman–Crippen LogP) is 5.38. The average molecular weight is 469 g/mol. The molecule has 3 aromatic rings. The standard InChI is InChI=1S/C9H5Cl3N2O.C7H6Cl2N2O/c10-4-8-13-14-9(15-8)5-1-2-6(11)7(12)3-5;8-5-2-1-4(3-6(5)9)7(12)11-10/h1-3H,4H2;1-3H,10H2,(H,11,12). The molecule has 0 aliphatic rings. The third kappa shape index (κ3) is 5.97. The van der Waals surface area contributed by atoms with Gasteiger partial charge in [0.2, 0.25) is 11.8 Å². The number of nitrogens with one attached hydrogen (secondary N) is 1. The van der Waals surface area contributed by atoms with Crippen LogP contribution < -0.4 is 11.3 Å². The van der Waals surface area contributed by atoms with Gasteiger partial charge in [-0.05, 0) is 36.4 Å². The van der Waals surface area contributed by atoms with Crippen LogP contribution >= 0.6 is 58.0 Å². The second-order valence-electron chi connectivity index (χ2n) is 4.87. The zero-order chi connectivity index (χ0) is 20.0. The highest BCUT2D eigenvalue weighted by atomic mass is 35.5. The molecule has 1 heterocycles. The van der Waals surface area contributed by atoms with Gasteiger partial charge < -0.3 is 4.42 Å². The zero-order valence-electron chi connectivity index (χ0n) is 13.3. The minimum absolute atomic E-state index is 0.189. The number of nitrogens with zero attached hydrogens (tertiary/aromatic N) is 2. The number of carbonyl (C=O) groups is 1. The molecule has 11 heteroatoms. The number of nitrogen functional groups attached to an aromatic ring is 1. The molecule has 0 fully saturated rings. The van der Waals surface area contributed by atoms with E-state index in [1.807, 2.05) is 5.43 Å². The summed E-state index contributed by atoms with van der Waals surface area (Å²) in [6.45, 7) is 0. The summed E-state index contributed by atoms with van der Waals surface area (Å²) in [6.07, 6.45) is 0. The molecular weight excluding hydrogens is 457 g/mol. The molecule has 0 unspecified atom stereocenters. The Labute approximate surface area is 179 Å². The van der Waals surface area contributed by atoms with Crippen LogP contribution in [0, 0.1) is 0 Å². The zero-order valence-corrected chi connectivity index (χ0v) is 17.1. The highest BCUT2D eigenvalue weighted by molar-refractivity contribution is 6.42. The Hall–Kier alpha value is -1.54. The SMILES string of the molecule is ClCc1nnc(-c2ccc(Cl)c(Cl)c2)o1.NNC(=O)c1ccc(Cl)c(Cl)c1. The van der Waals surface area contributed by atoms with Gasteiger partial charge in [-0.15, -0.1) is 21.8 Å². The quantitative estimate of drug-likeness (QED) is 0.233. The third-order valence-corrected chi connectivity index (χ3v) is 4.77. The maximum Gasteiger partial charge on any atom is 0.265 e. The van der Waals surface area contributed by atoms with Crippen LogP contribution in [-0.4, -0.2) is 16.1 Å². The van der Waals surface area contributed by atoms with Crippen LogP contribution in [0.1, 0.15) is 16.2 Å². The van der Waals surface area contributed by atoms with Gasteiger partial charge in [0.1, 0.15) is 5.88 Å². The summed E-state index contributed by atoms with van der Waals surface area (Å²) in [5.74, 6) is 5.46. The van der Waals surface area contributed by atoms with Crippen LogP contribution in [0.3, 0.4) is 0 Å². The summed E-state index contributed by atoms with van der Waals surface area (Å²) in [6, 6.07) is 9.61. The molecule has 3 N–H and O–H groups in total. The maximum absolute atomic E-state index is 10.9. The van der Waals surface area contributed by atoms with Gasteiger partial charge in [0.05, 0.1) is 20.1 Å². The number of alkyl halides is 1. The molecular formula is C16H11Cl5N4O2. The van der Waals surface area contributed by atoms with Gasteiger partial charge in [-0.1, -0.05) is 46.4 Å². The molecule has 0 saturated carbocycles. The minimum atomic E-state index is -0.395. The van der Waals surface area contributed by atoms with Crippen LogP contribution in [0.2, 0.25) is 20.1 Å². The lowest BCUT2D eigenvalue weighted by Gasteiger charge is -2.00. The maximum atomic E-state index is 10.9. The molecule has 0 spiro atoms. The first kappa shape index (κ1) is 21.8. The van der Waals surface area contributed by atoms with Gasteiger partial charge >= 0.3 is 0 Å². The fraction of sp³-hybridized carbons (Fsp3) is 0.0625. The van der Waals surface area contributed by atoms with Gasteiger partial charge in [0, 0.05) is 11.1 Å². The Morgan fingerprint density at radius 3 is 2.11 bits per heavy atom. The molecule has 0 aliphatic carbocycles. The number of carbonyl (C=O) groups excluding carboxylic acids is 1. The number of benzene rings is 2. The number of rotatable bonds is 3. The summed E-state index contributed by atoms with van der Waals surface area (Å²) in [5, 5.41) is 9.23. The molecule has 0 atom stereocenters. The monoisotopic (exact) mass is 466 g/mol. The van der Waals surface area contributed by atoms with Crippen molar-refractivity contribution in [1.29, 1.82) is 0 Å². The lowest BCUT2D eigenvalue weighted by molar-refractivity contribution is 0.0953. The molecule has 6 nitrogen and oxygen atoms in total. The lowest BCUT2D eigenvalue weighted by Crippen LogP contribution is -2.29. The van der Waals surface area contributed by atoms with E-state index in [4.69, 9.17) is 68.3 Å². The van der Waals surface area contributed by atoms with Crippen molar-refractivity contribution in [3.05, 3.63) is 67.9 Å². The van der Waals surface area contributed by atoms with Crippen molar-refractivity contribution in [3.63, 3.8) is 0 Å². The van der Waals surface area contributed by atoms with Crippen molar-refractivity contribution < 1.29 is 9.21 Å². The smallest absolute Gasteiger partial charge is 0.265 e. The van der Waals surface area contributed by atoms with Crippen LogP contribution in [0.15, 0.2) is 40.8 Å². The summed E-state index contributed by atoms with van der Waals surface area (Å²) in [5.41, 5.74) is 3.08. The van der Waals surface area contributed by atoms with Gasteiger partial charge in [-0.2, -0.15) is 0 Å². The fourth-order valence-electron chi connectivity index (χ4n) is 1.77. The molecule has 1 amide bonds. The number of hydrogen-bond acceptors (Lipinski definition) is 5. The van der Waals surface area contributed by atoms with E-state index in [2.05, 4.69) is 10.2 Å². The minimum Gasteiger partial charge on any atom is -0.419 e. The van der Waals surface area contributed by atoms with Crippen LogP contribution in [-0.2, 0) is 5.88 Å². The molecule has 27 heavy (non-hydrogen) atoms. The third-order valence-electron chi connectivity index (χ3n) is 3.06. The first-order valence-corrected chi connectivity index (χ1v) is 9.20. The summed E-state index contributed by atoms with van der Waals surface area (Å²) >= 11 is 28.5. The molecule has 0 radical (unpaired) electrons. The summed E-state index contributed by atoms with van der Waals surface area (Å²) in [7, 11) is 0. The molecule has 3 rings (SSSR count). The van der Waals surface area contributed by atoms with Gasteiger partial charge in [0.15, 0.2) is 0 Å². The molecule has 0 saturated heterocycles. The summed E-state index contributed by atoms with van der Waals surface area (Å²) < 4.78 is 5.26. The Balaban J connectivity index is 0.000000199. The molecule has 0 aliphatic heterocycles. The van der Waals surface area contributed by atoms with E-state index >= 15 is 0 Å². The van der Waals surface area contributed by atoms with Crippen molar-refractivity contribution in [1.82, 2.24) is 15.6 Å². The van der Waals surface area contributed by atoms with E-state index in [1.54, 1.807) is 18.2 Å². The normalized spacial score (nSPS) is 10.1. The Morgan fingerprint density at radius 1 is 0.963 bits per heavy atom. The van der Waals surface area contributed by atoms with Crippen molar-refractivity contribution >= 4 is 63.9 Å². The molecule has 0 bridgehead atoms. The Kier molecular flexibility index (Phi) is 8.16. The Bertz CT molecular complexity index is 948. The largest absolute Gasteiger partial charge is 0.419 e. The van der Waals surface area contributed by atoms with Gasteiger partial charge in [0.25, 0.3) is 5.91 Å². The van der Waals surface area contributed by atoms with Crippen LogP contribution in [0.4, 0.5) is 0 Å². The van der Waals surface area contributed by atoms with E-state index in [0.717, 1.165) is 0 Å². The van der Waals surface area contributed by atoms with Gasteiger partial charge in [-0.25, -0.2) is 5.84 Å². The summed E-state index contributed by atoms with van der Waals surface area (Å²) in [4.78, 5) is 10.9. The Morgan fingerprint density at radius 2 is 1.59 bits per heavy atom. The fourth-order valence-corrected chi connectivity index (χ4v) is 2.48. The molecule has 142 valence electrons. The number of nitrogens with two attached hydrogens (primary N) is 1. The topological polar surface area (TPSA) is 94.0 Å². The van der Waals surface area contributed by atoms with Crippen molar-refractivity contribution in [2.75, 3.05) is 0 Å². The second kappa shape index (κ2) is 10.1. The highest BCUT2D eigenvalue weighted by Gasteiger charge is 2.09. The first-order valence-electron chi connectivity index (χ1n) is 7.15. The highest BCUT2D eigenvalue weighted by Crippen LogP contribution is 2.27. The number of amides is 1. The van der Waals surface area contributed by atoms with Crippen LogP contribution in [0.25, 0.3) is 11.5 Å². The second-order valence-corrected chi connectivity index (χ2v) is 6.76. The van der Waals surface area contributed by atoms with Gasteiger partial charge in [-0.3, -0.25) is 10.2 Å². The van der Waals surface area contributed by atoms with E-state index < -0.39 is 5.91 Å². The van der Waals surface area contributed by atoms with Crippen molar-refractivity contribution in [2.45, 2.75) is 5.88 Å². The predicted molar refractivity (Wildman–Crippen MR) is 107 cm³/mol. The van der Waals surface area contributed by atoms with E-state index in [-0.39, 0.29) is 5.88 Å². The number of aromatic nitrogens is 2. The average Bonchev–Trinajstić information content (AvgIpc) is 3.15. The first-order chi connectivity index (χ1) is 12.8. The lowest BCUT2D eigenvalue weighted by atomic mass is 10.2.